The third kappa shape index (κ3) is 3.25. The smallest absolute Gasteiger partial charge is 0.245 e. The van der Waals surface area contributed by atoms with Crippen molar-refractivity contribution in [2.45, 2.75) is 36.6 Å². The lowest BCUT2D eigenvalue weighted by Crippen LogP contribution is -2.44. The Kier molecular flexibility index (Phi) is 5.14. The van der Waals surface area contributed by atoms with Gasteiger partial charge >= 0.3 is 0 Å². The van der Waals surface area contributed by atoms with Crippen molar-refractivity contribution in [2.24, 2.45) is 0 Å². The van der Waals surface area contributed by atoms with Crippen molar-refractivity contribution >= 4 is 44.6 Å². The normalized spacial score (nSPS) is 16.8. The molecule has 108 valence electrons. The Bertz CT molecular complexity index is 540. The van der Waals surface area contributed by atoms with Crippen LogP contribution in [0.4, 0.5) is 0 Å². The minimum Gasteiger partial charge on any atom is -0.396 e. The highest BCUT2D eigenvalue weighted by Crippen LogP contribution is 2.38. The Labute approximate surface area is 127 Å². The summed E-state index contributed by atoms with van der Waals surface area (Å²) in [6.07, 6.45) is 3.18. The summed E-state index contributed by atoms with van der Waals surface area (Å²) in [6, 6.07) is 1.42. The predicted octanol–water partition coefficient (Wildman–Crippen LogP) is 2.98. The molecule has 1 aromatic heterocycles. The maximum absolute atomic E-state index is 12.6. The summed E-state index contributed by atoms with van der Waals surface area (Å²) in [5.41, 5.74) is 0. The molecular formula is C11H15Cl2NO3S2. The van der Waals surface area contributed by atoms with Crippen LogP contribution in [-0.4, -0.2) is 37.0 Å². The highest BCUT2D eigenvalue weighted by atomic mass is 35.5. The zero-order chi connectivity index (χ0) is 14.0. The summed E-state index contributed by atoms with van der Waals surface area (Å²) < 4.78 is 27.2. The SMILES string of the molecule is O=S(=O)(c1cc(Cl)sc1Cl)N(CCCO)C1CCC1. The molecule has 8 heteroatoms. The third-order valence-corrected chi connectivity index (χ3v) is 6.94. The number of nitrogens with zero attached hydrogens (tertiary/aromatic N) is 1. The molecule has 1 heterocycles. The van der Waals surface area contributed by atoms with Gasteiger partial charge in [-0.15, -0.1) is 11.3 Å². The van der Waals surface area contributed by atoms with Crippen molar-refractivity contribution in [1.29, 1.82) is 0 Å². The van der Waals surface area contributed by atoms with Gasteiger partial charge in [0.25, 0.3) is 0 Å². The van der Waals surface area contributed by atoms with Crippen molar-refractivity contribution in [3.8, 4) is 0 Å². The molecule has 1 aliphatic rings. The molecular weight excluding hydrogens is 329 g/mol. The molecule has 0 spiro atoms. The molecule has 1 saturated carbocycles. The van der Waals surface area contributed by atoms with Gasteiger partial charge in [0.1, 0.15) is 9.23 Å². The van der Waals surface area contributed by atoms with Gasteiger partial charge in [0, 0.05) is 19.2 Å². The summed E-state index contributed by atoms with van der Waals surface area (Å²) in [4.78, 5) is 0.0778. The van der Waals surface area contributed by atoms with E-state index in [1.165, 1.54) is 10.4 Å². The van der Waals surface area contributed by atoms with Crippen LogP contribution in [-0.2, 0) is 10.0 Å². The summed E-state index contributed by atoms with van der Waals surface area (Å²) >= 11 is 12.8. The quantitative estimate of drug-likeness (QED) is 0.863. The molecule has 0 bridgehead atoms. The van der Waals surface area contributed by atoms with Crippen molar-refractivity contribution in [2.75, 3.05) is 13.2 Å². The molecule has 0 radical (unpaired) electrons. The number of thiophene rings is 1. The first-order chi connectivity index (χ1) is 8.96. The Morgan fingerprint density at radius 3 is 2.53 bits per heavy atom. The second-order valence-electron chi connectivity index (χ2n) is 4.47. The fourth-order valence-corrected chi connectivity index (χ4v) is 5.87. The number of rotatable bonds is 6. The van der Waals surface area contributed by atoms with Crippen molar-refractivity contribution < 1.29 is 13.5 Å². The molecule has 2 rings (SSSR count). The lowest BCUT2D eigenvalue weighted by Gasteiger charge is -2.36. The zero-order valence-corrected chi connectivity index (χ0v) is 13.3. The predicted molar refractivity (Wildman–Crippen MR) is 77.6 cm³/mol. The molecule has 0 aliphatic heterocycles. The third-order valence-electron chi connectivity index (χ3n) is 3.23. The lowest BCUT2D eigenvalue weighted by molar-refractivity contribution is 0.198. The molecule has 0 unspecified atom stereocenters. The number of aliphatic hydroxyl groups is 1. The second-order valence-corrected chi connectivity index (χ2v) is 8.61. The van der Waals surface area contributed by atoms with Crippen LogP contribution in [0.2, 0.25) is 8.67 Å². The van der Waals surface area contributed by atoms with Crippen LogP contribution in [0.5, 0.6) is 0 Å². The molecule has 4 nitrogen and oxygen atoms in total. The Hall–Kier alpha value is 0.150. The number of halogens is 2. The van der Waals surface area contributed by atoms with Crippen molar-refractivity contribution in [3.05, 3.63) is 14.7 Å². The van der Waals surface area contributed by atoms with E-state index in [1.807, 2.05) is 0 Å². The maximum Gasteiger partial charge on any atom is 0.245 e. The van der Waals surface area contributed by atoms with Gasteiger partial charge in [0.05, 0.1) is 4.34 Å². The largest absolute Gasteiger partial charge is 0.396 e. The Morgan fingerprint density at radius 1 is 1.42 bits per heavy atom. The van der Waals surface area contributed by atoms with Gasteiger partial charge in [-0.25, -0.2) is 8.42 Å². The van der Waals surface area contributed by atoms with Gasteiger partial charge in [0.15, 0.2) is 0 Å². The number of hydrogen-bond acceptors (Lipinski definition) is 4. The first-order valence-electron chi connectivity index (χ1n) is 6.04. The second kappa shape index (κ2) is 6.28. The van der Waals surface area contributed by atoms with Gasteiger partial charge in [-0.2, -0.15) is 4.31 Å². The highest BCUT2D eigenvalue weighted by molar-refractivity contribution is 7.89. The van der Waals surface area contributed by atoms with E-state index in [0.29, 0.717) is 17.3 Å². The first kappa shape index (κ1) is 15.5. The zero-order valence-electron chi connectivity index (χ0n) is 10.2. The number of sulfonamides is 1. The van der Waals surface area contributed by atoms with Gasteiger partial charge in [0.2, 0.25) is 10.0 Å². The lowest BCUT2D eigenvalue weighted by atomic mass is 9.93. The van der Waals surface area contributed by atoms with Crippen LogP contribution in [0.25, 0.3) is 0 Å². The molecule has 0 saturated heterocycles. The van der Waals surface area contributed by atoms with E-state index >= 15 is 0 Å². The number of aliphatic hydroxyl groups excluding tert-OH is 1. The molecule has 0 atom stereocenters. The van der Waals surface area contributed by atoms with E-state index in [2.05, 4.69) is 0 Å². The van der Waals surface area contributed by atoms with Crippen LogP contribution in [0.1, 0.15) is 25.7 Å². The van der Waals surface area contributed by atoms with E-state index in [4.69, 9.17) is 28.3 Å². The molecule has 1 aromatic rings. The monoisotopic (exact) mass is 343 g/mol. The van der Waals surface area contributed by atoms with Gasteiger partial charge in [-0.05, 0) is 25.3 Å². The molecule has 1 aliphatic carbocycles. The fraction of sp³-hybridized carbons (Fsp3) is 0.636. The average Bonchev–Trinajstić information content (AvgIpc) is 2.61. The van der Waals surface area contributed by atoms with E-state index in [9.17, 15) is 8.42 Å². The van der Waals surface area contributed by atoms with Crippen LogP contribution in [0, 0.1) is 0 Å². The molecule has 0 amide bonds. The van der Waals surface area contributed by atoms with Crippen molar-refractivity contribution in [3.63, 3.8) is 0 Å². The van der Waals surface area contributed by atoms with Crippen LogP contribution >= 0.6 is 34.5 Å². The van der Waals surface area contributed by atoms with Gasteiger partial charge < -0.3 is 5.11 Å². The number of hydrogen-bond donors (Lipinski definition) is 1. The van der Waals surface area contributed by atoms with Gasteiger partial charge in [-0.1, -0.05) is 29.6 Å². The molecule has 1 N–H and O–H groups in total. The minimum absolute atomic E-state index is 0.0197. The summed E-state index contributed by atoms with van der Waals surface area (Å²) in [5, 5.41) is 8.92. The van der Waals surface area contributed by atoms with E-state index in [0.717, 1.165) is 30.6 Å². The molecule has 1 fully saturated rings. The summed E-state index contributed by atoms with van der Waals surface area (Å²) in [6.45, 7) is 0.282. The Balaban J connectivity index is 2.30. The first-order valence-corrected chi connectivity index (χ1v) is 9.05. The Morgan fingerprint density at radius 2 is 2.11 bits per heavy atom. The van der Waals surface area contributed by atoms with E-state index in [-0.39, 0.29) is 21.9 Å². The van der Waals surface area contributed by atoms with E-state index in [1.54, 1.807) is 0 Å². The topological polar surface area (TPSA) is 57.6 Å². The maximum atomic E-state index is 12.6. The summed E-state index contributed by atoms with van der Waals surface area (Å²) in [5.74, 6) is 0. The molecule has 0 aromatic carbocycles. The highest BCUT2D eigenvalue weighted by Gasteiger charge is 2.36. The van der Waals surface area contributed by atoms with Crippen molar-refractivity contribution in [1.82, 2.24) is 4.31 Å². The fourth-order valence-electron chi connectivity index (χ4n) is 2.03. The summed E-state index contributed by atoms with van der Waals surface area (Å²) in [7, 11) is -3.63. The standard InChI is InChI=1S/C11H15Cl2NO3S2/c12-10-7-9(11(13)18-10)19(16,17)14(5-2-6-15)8-3-1-4-8/h7-8,15H,1-6H2. The van der Waals surface area contributed by atoms with Crippen LogP contribution in [0.3, 0.4) is 0 Å². The van der Waals surface area contributed by atoms with Gasteiger partial charge in [-0.3, -0.25) is 0 Å². The average molecular weight is 344 g/mol. The van der Waals surface area contributed by atoms with E-state index < -0.39 is 10.0 Å². The molecule has 19 heavy (non-hydrogen) atoms. The minimum atomic E-state index is -3.63. The van der Waals surface area contributed by atoms with Crippen LogP contribution < -0.4 is 0 Å². The van der Waals surface area contributed by atoms with Crippen LogP contribution in [0.15, 0.2) is 11.0 Å².